The van der Waals surface area contributed by atoms with Gasteiger partial charge in [-0.3, -0.25) is 4.90 Å². The molecule has 7 heteroatoms. The third kappa shape index (κ3) is 2.91. The van der Waals surface area contributed by atoms with Crippen molar-refractivity contribution in [1.29, 1.82) is 0 Å². The third-order valence-electron chi connectivity index (χ3n) is 4.40. The molecule has 3 aliphatic rings. The first kappa shape index (κ1) is 14.8. The van der Waals surface area contributed by atoms with Gasteiger partial charge < -0.3 is 25.2 Å². The molecule has 2 amide bonds. The molecule has 3 N–H and O–H groups in total. The van der Waals surface area contributed by atoms with Gasteiger partial charge in [0.15, 0.2) is 6.29 Å². The Morgan fingerprint density at radius 2 is 2.19 bits per heavy atom. The second-order valence-electron chi connectivity index (χ2n) is 5.77. The third-order valence-corrected chi connectivity index (χ3v) is 4.40. The number of carbonyl (C=O) groups is 1. The van der Waals surface area contributed by atoms with Gasteiger partial charge in [-0.25, -0.2) is 4.79 Å². The molecule has 0 aromatic carbocycles. The molecule has 118 valence electrons. The number of rotatable bonds is 4. The number of hydrogen-bond acceptors (Lipinski definition) is 5. The molecule has 0 saturated carbocycles. The summed E-state index contributed by atoms with van der Waals surface area (Å²) < 4.78 is 11.5. The van der Waals surface area contributed by atoms with Crippen molar-refractivity contribution in [3.63, 3.8) is 0 Å². The molecule has 3 heterocycles. The molecule has 7 nitrogen and oxygen atoms in total. The van der Waals surface area contributed by atoms with Gasteiger partial charge in [-0.2, -0.15) is 0 Å². The molecule has 0 aliphatic carbocycles. The normalized spacial score (nSPS) is 39.2. The summed E-state index contributed by atoms with van der Waals surface area (Å²) >= 11 is 0. The highest BCUT2D eigenvalue weighted by Gasteiger charge is 2.52. The van der Waals surface area contributed by atoms with E-state index in [0.29, 0.717) is 13.2 Å². The molecular formula is C14H23N3O4. The van der Waals surface area contributed by atoms with Gasteiger partial charge in [0.25, 0.3) is 0 Å². The van der Waals surface area contributed by atoms with Crippen LogP contribution in [0, 0.1) is 0 Å². The Morgan fingerprint density at radius 3 is 2.90 bits per heavy atom. The number of nitrogens with zero attached hydrogens (tertiary/aromatic N) is 1. The summed E-state index contributed by atoms with van der Waals surface area (Å²) in [5.74, 6) is 0. The van der Waals surface area contributed by atoms with E-state index in [4.69, 9.17) is 9.47 Å². The van der Waals surface area contributed by atoms with Crippen LogP contribution < -0.4 is 10.6 Å². The Bertz CT molecular complexity index is 398. The molecule has 0 unspecified atom stereocenters. The summed E-state index contributed by atoms with van der Waals surface area (Å²) in [7, 11) is 0. The maximum Gasteiger partial charge on any atom is 0.315 e. The van der Waals surface area contributed by atoms with Crippen LogP contribution in [-0.4, -0.2) is 72.9 Å². The minimum atomic E-state index is -0.691. The molecule has 2 bridgehead atoms. The van der Waals surface area contributed by atoms with E-state index < -0.39 is 18.4 Å². The zero-order valence-corrected chi connectivity index (χ0v) is 12.0. The Balaban J connectivity index is 1.67. The monoisotopic (exact) mass is 297 g/mol. The van der Waals surface area contributed by atoms with Crippen LogP contribution in [0.15, 0.2) is 12.7 Å². The molecule has 0 radical (unpaired) electrons. The number of aliphatic hydroxyl groups is 1. The quantitative estimate of drug-likeness (QED) is 0.605. The Morgan fingerprint density at radius 1 is 1.43 bits per heavy atom. The van der Waals surface area contributed by atoms with E-state index in [1.807, 2.05) is 0 Å². The number of carbonyl (C=O) groups excluding carboxylic acids is 1. The van der Waals surface area contributed by atoms with Gasteiger partial charge >= 0.3 is 6.03 Å². The highest BCUT2D eigenvalue weighted by Crippen LogP contribution is 2.32. The SMILES string of the molecule is C=CCNC(=O)N[C@H]1[C@H](O)[C@@H](N2CCCC2)[C@@H]2OC[C@H]1O2. The number of fused-ring (bicyclic) bond motifs is 2. The van der Waals surface area contributed by atoms with Crippen LogP contribution in [0.4, 0.5) is 4.79 Å². The van der Waals surface area contributed by atoms with Gasteiger partial charge in [0.05, 0.1) is 24.8 Å². The molecule has 3 saturated heterocycles. The van der Waals surface area contributed by atoms with Crippen molar-refractivity contribution < 1.29 is 19.4 Å². The average molecular weight is 297 g/mol. The molecule has 0 spiro atoms. The molecular weight excluding hydrogens is 274 g/mol. The number of hydrogen-bond donors (Lipinski definition) is 3. The molecule has 3 rings (SSSR count). The molecule has 5 atom stereocenters. The molecule has 0 aromatic rings. The first-order valence-corrected chi connectivity index (χ1v) is 7.55. The number of ether oxygens (including phenoxy) is 2. The Labute approximate surface area is 124 Å². The van der Waals surface area contributed by atoms with Crippen LogP contribution >= 0.6 is 0 Å². The Kier molecular flexibility index (Phi) is 4.44. The standard InChI is InChI=1S/C14H23N3O4/c1-2-5-15-14(19)16-10-9-8-20-13(21-9)11(12(10)18)17-6-3-4-7-17/h2,9-13,18H,1,3-8H2,(H2,15,16,19)/t9-,10-,11-,12+,13-/m1/s1. The highest BCUT2D eigenvalue weighted by molar-refractivity contribution is 5.74. The summed E-state index contributed by atoms with van der Waals surface area (Å²) in [6.07, 6.45) is 2.48. The number of nitrogens with one attached hydrogen (secondary N) is 2. The fraction of sp³-hybridized carbons (Fsp3) is 0.786. The summed E-state index contributed by atoms with van der Waals surface area (Å²) in [5, 5.41) is 16.1. The number of amides is 2. The fourth-order valence-corrected chi connectivity index (χ4v) is 3.37. The van der Waals surface area contributed by atoms with Crippen LogP contribution in [0.25, 0.3) is 0 Å². The van der Waals surface area contributed by atoms with Crippen LogP contribution in [-0.2, 0) is 9.47 Å². The molecule has 0 aromatic heterocycles. The lowest BCUT2D eigenvalue weighted by atomic mass is 9.95. The van der Waals surface area contributed by atoms with Gasteiger partial charge in [0.1, 0.15) is 6.10 Å². The smallest absolute Gasteiger partial charge is 0.315 e. The maximum absolute atomic E-state index is 11.8. The van der Waals surface area contributed by atoms with E-state index in [1.54, 1.807) is 6.08 Å². The zero-order valence-electron chi connectivity index (χ0n) is 12.0. The van der Waals surface area contributed by atoms with E-state index >= 15 is 0 Å². The van der Waals surface area contributed by atoms with Crippen LogP contribution in [0.5, 0.6) is 0 Å². The maximum atomic E-state index is 11.8. The molecule has 3 aliphatic heterocycles. The van der Waals surface area contributed by atoms with E-state index in [0.717, 1.165) is 25.9 Å². The summed E-state index contributed by atoms with van der Waals surface area (Å²) in [5.41, 5.74) is 0. The van der Waals surface area contributed by atoms with Gasteiger partial charge in [0, 0.05) is 6.54 Å². The summed E-state index contributed by atoms with van der Waals surface area (Å²) in [4.78, 5) is 14.0. The average Bonchev–Trinajstić information content (AvgIpc) is 3.13. The van der Waals surface area contributed by atoms with Crippen molar-refractivity contribution in [3.05, 3.63) is 12.7 Å². The first-order chi connectivity index (χ1) is 10.2. The van der Waals surface area contributed by atoms with Crippen molar-refractivity contribution in [2.45, 2.75) is 43.4 Å². The van der Waals surface area contributed by atoms with Gasteiger partial charge in [-0.05, 0) is 25.9 Å². The molecule has 21 heavy (non-hydrogen) atoms. The molecule has 3 fully saturated rings. The van der Waals surface area contributed by atoms with E-state index in [-0.39, 0.29) is 18.2 Å². The van der Waals surface area contributed by atoms with Crippen molar-refractivity contribution in [1.82, 2.24) is 15.5 Å². The van der Waals surface area contributed by atoms with Crippen molar-refractivity contribution in [2.24, 2.45) is 0 Å². The first-order valence-electron chi connectivity index (χ1n) is 7.55. The van der Waals surface area contributed by atoms with Crippen molar-refractivity contribution in [2.75, 3.05) is 26.2 Å². The van der Waals surface area contributed by atoms with Crippen molar-refractivity contribution in [3.8, 4) is 0 Å². The zero-order chi connectivity index (χ0) is 14.8. The highest BCUT2D eigenvalue weighted by atomic mass is 16.7. The second kappa shape index (κ2) is 6.31. The van der Waals surface area contributed by atoms with E-state index in [1.165, 1.54) is 0 Å². The number of aliphatic hydroxyl groups excluding tert-OH is 1. The predicted molar refractivity (Wildman–Crippen MR) is 75.7 cm³/mol. The van der Waals surface area contributed by atoms with Gasteiger partial charge in [-0.15, -0.1) is 6.58 Å². The largest absolute Gasteiger partial charge is 0.389 e. The minimum absolute atomic E-state index is 0.212. The lowest BCUT2D eigenvalue weighted by Gasteiger charge is -2.42. The topological polar surface area (TPSA) is 83.1 Å². The number of likely N-dealkylation sites (tertiary alicyclic amines) is 1. The van der Waals surface area contributed by atoms with Crippen molar-refractivity contribution >= 4 is 6.03 Å². The van der Waals surface area contributed by atoms with Gasteiger partial charge in [-0.1, -0.05) is 6.08 Å². The number of urea groups is 1. The van der Waals surface area contributed by atoms with E-state index in [2.05, 4.69) is 22.1 Å². The Hall–Kier alpha value is -1.15. The summed E-state index contributed by atoms with van der Waals surface area (Å²) in [6, 6.07) is -0.997. The van der Waals surface area contributed by atoms with E-state index in [9.17, 15) is 9.90 Å². The van der Waals surface area contributed by atoms with Gasteiger partial charge in [0.2, 0.25) is 0 Å². The minimum Gasteiger partial charge on any atom is -0.389 e. The lowest BCUT2D eigenvalue weighted by Crippen LogP contribution is -2.65. The van der Waals surface area contributed by atoms with Crippen LogP contribution in [0.3, 0.4) is 0 Å². The van der Waals surface area contributed by atoms with Crippen LogP contribution in [0.2, 0.25) is 0 Å². The second-order valence-corrected chi connectivity index (χ2v) is 5.77. The van der Waals surface area contributed by atoms with Crippen LogP contribution in [0.1, 0.15) is 12.8 Å². The lowest BCUT2D eigenvalue weighted by molar-refractivity contribution is -0.177. The predicted octanol–water partition coefficient (Wildman–Crippen LogP) is -0.579. The fourth-order valence-electron chi connectivity index (χ4n) is 3.37. The summed E-state index contributed by atoms with van der Waals surface area (Å²) in [6.45, 7) is 6.21.